The predicted octanol–water partition coefficient (Wildman–Crippen LogP) is 2.41. The molecule has 2 amide bonds. The second-order valence-electron chi connectivity index (χ2n) is 4.53. The number of carbonyl (C=O) groups is 3. The third-order valence-corrected chi connectivity index (χ3v) is 2.53. The lowest BCUT2D eigenvalue weighted by Crippen LogP contribution is -2.16. The zero-order chi connectivity index (χ0) is 16.2. The van der Waals surface area contributed by atoms with Crippen molar-refractivity contribution in [3.63, 3.8) is 0 Å². The predicted molar refractivity (Wildman–Crippen MR) is 80.3 cm³/mol. The lowest BCUT2D eigenvalue weighted by Gasteiger charge is -2.11. The zero-order valence-corrected chi connectivity index (χ0v) is 11.8. The second-order valence-corrected chi connectivity index (χ2v) is 4.53. The number of aromatic carboxylic acids is 1. The first-order chi connectivity index (χ1) is 9.72. The van der Waals surface area contributed by atoms with E-state index in [0.29, 0.717) is 11.3 Å². The molecule has 0 saturated heterocycles. The normalized spacial score (nSPS) is 9.62. The average molecular weight is 288 g/mol. The first kappa shape index (κ1) is 16.2. The van der Waals surface area contributed by atoms with Crippen LogP contribution in [0, 0.1) is 0 Å². The van der Waals surface area contributed by atoms with E-state index in [-0.39, 0.29) is 16.8 Å². The summed E-state index contributed by atoms with van der Waals surface area (Å²) in [5.41, 5.74) is 0.894. The third kappa shape index (κ3) is 4.31. The molecule has 0 aliphatic heterocycles. The number of hydrogen-bond donors (Lipinski definition) is 3. The van der Waals surface area contributed by atoms with Gasteiger partial charge in [0, 0.05) is 16.8 Å². The van der Waals surface area contributed by atoms with E-state index in [1.54, 1.807) is 6.92 Å². The Hall–Kier alpha value is -2.89. The summed E-state index contributed by atoms with van der Waals surface area (Å²) < 4.78 is 0. The van der Waals surface area contributed by atoms with Gasteiger partial charge in [-0.05, 0) is 32.0 Å². The molecule has 0 aliphatic carbocycles. The van der Waals surface area contributed by atoms with Crippen molar-refractivity contribution < 1.29 is 19.5 Å². The van der Waals surface area contributed by atoms with E-state index in [4.69, 9.17) is 5.11 Å². The molecule has 0 aliphatic rings. The molecule has 6 heteroatoms. The Morgan fingerprint density at radius 2 is 1.52 bits per heavy atom. The van der Waals surface area contributed by atoms with Gasteiger partial charge in [-0.2, -0.15) is 0 Å². The largest absolute Gasteiger partial charge is 0.478 e. The van der Waals surface area contributed by atoms with Crippen LogP contribution in [0.1, 0.15) is 24.2 Å². The Bertz CT molecular complexity index is 647. The molecule has 1 rings (SSSR count). The second kappa shape index (κ2) is 6.51. The van der Waals surface area contributed by atoms with Gasteiger partial charge in [-0.3, -0.25) is 9.59 Å². The van der Waals surface area contributed by atoms with Crippen LogP contribution < -0.4 is 10.6 Å². The van der Waals surface area contributed by atoms with Gasteiger partial charge in [0.15, 0.2) is 0 Å². The fourth-order valence-electron chi connectivity index (χ4n) is 1.38. The van der Waals surface area contributed by atoms with Crippen LogP contribution in [0.5, 0.6) is 0 Å². The third-order valence-electron chi connectivity index (χ3n) is 2.53. The molecule has 6 nitrogen and oxygen atoms in total. The molecule has 0 spiro atoms. The highest BCUT2D eigenvalue weighted by molar-refractivity contribution is 6.08. The highest BCUT2D eigenvalue weighted by atomic mass is 16.4. The molecule has 0 heterocycles. The lowest BCUT2D eigenvalue weighted by molar-refractivity contribution is -0.113. The number of benzene rings is 1. The molecule has 21 heavy (non-hydrogen) atoms. The minimum Gasteiger partial charge on any atom is -0.478 e. The Kier molecular flexibility index (Phi) is 5.01. The molecule has 0 atom stereocenters. The molecule has 0 aromatic heterocycles. The highest BCUT2D eigenvalue weighted by Crippen LogP contribution is 2.22. The van der Waals surface area contributed by atoms with Crippen molar-refractivity contribution in [1.82, 2.24) is 0 Å². The van der Waals surface area contributed by atoms with Crippen LogP contribution in [0.15, 0.2) is 42.5 Å². The van der Waals surface area contributed by atoms with Crippen molar-refractivity contribution in [2.75, 3.05) is 10.6 Å². The van der Waals surface area contributed by atoms with Crippen LogP contribution >= 0.6 is 0 Å². The van der Waals surface area contributed by atoms with Crippen molar-refractivity contribution in [2.24, 2.45) is 0 Å². The highest BCUT2D eigenvalue weighted by Gasteiger charge is 2.14. The zero-order valence-electron chi connectivity index (χ0n) is 11.8. The Labute approximate surface area is 122 Å². The number of anilines is 2. The maximum atomic E-state index is 11.6. The minimum atomic E-state index is -1.19. The van der Waals surface area contributed by atoms with Gasteiger partial charge in [-0.25, -0.2) is 4.79 Å². The van der Waals surface area contributed by atoms with Crippen LogP contribution in [0.25, 0.3) is 0 Å². The SMILES string of the molecule is C=C(C)C(=O)Nc1ccc(C(=O)O)c(NC(=O)C(=C)C)c1. The summed E-state index contributed by atoms with van der Waals surface area (Å²) >= 11 is 0. The molecular formula is C15H16N2O4. The lowest BCUT2D eigenvalue weighted by atomic mass is 10.1. The van der Waals surface area contributed by atoms with Gasteiger partial charge in [0.2, 0.25) is 0 Å². The quantitative estimate of drug-likeness (QED) is 0.725. The molecule has 0 radical (unpaired) electrons. The van der Waals surface area contributed by atoms with Crippen LogP contribution in [-0.4, -0.2) is 22.9 Å². The summed E-state index contributed by atoms with van der Waals surface area (Å²) in [6.07, 6.45) is 0. The van der Waals surface area contributed by atoms with E-state index in [1.807, 2.05) is 0 Å². The van der Waals surface area contributed by atoms with Gasteiger partial charge >= 0.3 is 5.97 Å². The van der Waals surface area contributed by atoms with Crippen LogP contribution in [0.2, 0.25) is 0 Å². The molecule has 1 aromatic carbocycles. The monoisotopic (exact) mass is 288 g/mol. The molecule has 110 valence electrons. The van der Waals surface area contributed by atoms with Crippen LogP contribution in [-0.2, 0) is 9.59 Å². The summed E-state index contributed by atoms with van der Waals surface area (Å²) in [5.74, 6) is -2.08. The molecule has 0 bridgehead atoms. The van der Waals surface area contributed by atoms with Gasteiger partial charge in [0.05, 0.1) is 11.3 Å². The van der Waals surface area contributed by atoms with E-state index in [0.717, 1.165) is 0 Å². The van der Waals surface area contributed by atoms with E-state index < -0.39 is 17.8 Å². The Morgan fingerprint density at radius 3 is 2.00 bits per heavy atom. The number of rotatable bonds is 5. The smallest absolute Gasteiger partial charge is 0.337 e. The maximum absolute atomic E-state index is 11.6. The summed E-state index contributed by atoms with van der Waals surface area (Å²) in [4.78, 5) is 34.3. The van der Waals surface area contributed by atoms with Gasteiger partial charge in [-0.15, -0.1) is 0 Å². The number of carboxylic acids is 1. The van der Waals surface area contributed by atoms with Gasteiger partial charge in [0.1, 0.15) is 0 Å². The first-order valence-electron chi connectivity index (χ1n) is 6.03. The molecule has 0 unspecified atom stereocenters. The van der Waals surface area contributed by atoms with E-state index >= 15 is 0 Å². The van der Waals surface area contributed by atoms with Gasteiger partial charge < -0.3 is 15.7 Å². The summed E-state index contributed by atoms with van der Waals surface area (Å²) in [7, 11) is 0. The van der Waals surface area contributed by atoms with Crippen LogP contribution in [0.4, 0.5) is 11.4 Å². The Morgan fingerprint density at radius 1 is 1.00 bits per heavy atom. The molecule has 3 N–H and O–H groups in total. The number of amides is 2. The fourth-order valence-corrected chi connectivity index (χ4v) is 1.38. The maximum Gasteiger partial charge on any atom is 0.337 e. The van der Waals surface area contributed by atoms with Gasteiger partial charge in [-0.1, -0.05) is 13.2 Å². The van der Waals surface area contributed by atoms with Crippen molar-refractivity contribution in [1.29, 1.82) is 0 Å². The number of carboxylic acid groups (broad SMARTS) is 1. The number of carbonyl (C=O) groups excluding carboxylic acids is 2. The van der Waals surface area contributed by atoms with E-state index in [2.05, 4.69) is 23.8 Å². The molecule has 0 fully saturated rings. The Balaban J connectivity index is 3.14. The molecule has 1 aromatic rings. The van der Waals surface area contributed by atoms with Crippen molar-refractivity contribution in [3.05, 3.63) is 48.1 Å². The average Bonchev–Trinajstić information content (AvgIpc) is 2.38. The topological polar surface area (TPSA) is 95.5 Å². The fraction of sp³-hybridized carbons (Fsp3) is 0.133. The standard InChI is InChI=1S/C15H16N2O4/c1-8(2)13(18)16-10-5-6-11(15(20)21)12(7-10)17-14(19)9(3)4/h5-7H,1,3H2,2,4H3,(H,16,18)(H,17,19)(H,20,21). The summed E-state index contributed by atoms with van der Waals surface area (Å²) in [6, 6.07) is 4.09. The van der Waals surface area contributed by atoms with Gasteiger partial charge in [0.25, 0.3) is 11.8 Å². The summed E-state index contributed by atoms with van der Waals surface area (Å²) in [6.45, 7) is 10.0. The van der Waals surface area contributed by atoms with Crippen LogP contribution in [0.3, 0.4) is 0 Å². The van der Waals surface area contributed by atoms with E-state index in [9.17, 15) is 14.4 Å². The summed E-state index contributed by atoms with van der Waals surface area (Å²) in [5, 5.41) is 14.1. The number of hydrogen-bond acceptors (Lipinski definition) is 3. The van der Waals surface area contributed by atoms with E-state index in [1.165, 1.54) is 25.1 Å². The van der Waals surface area contributed by atoms with Crippen molar-refractivity contribution in [2.45, 2.75) is 13.8 Å². The number of nitrogens with one attached hydrogen (secondary N) is 2. The minimum absolute atomic E-state index is 0.0787. The van der Waals surface area contributed by atoms with Crippen molar-refractivity contribution in [3.8, 4) is 0 Å². The van der Waals surface area contributed by atoms with Crippen molar-refractivity contribution >= 4 is 29.2 Å². The molecular weight excluding hydrogens is 272 g/mol. The molecule has 0 saturated carbocycles. The first-order valence-corrected chi connectivity index (χ1v) is 6.03.